The first-order valence-corrected chi connectivity index (χ1v) is 6.10. The Labute approximate surface area is 110 Å². The zero-order chi connectivity index (χ0) is 13.8. The van der Waals surface area contributed by atoms with Crippen LogP contribution in [-0.2, 0) is 0 Å². The largest absolute Gasteiger partial charge is 0.322 e. The van der Waals surface area contributed by atoms with Crippen LogP contribution >= 0.6 is 0 Å². The second-order valence-electron chi connectivity index (χ2n) is 4.54. The lowest BCUT2D eigenvalue weighted by atomic mass is 10.2. The van der Waals surface area contributed by atoms with Crippen LogP contribution in [0.4, 0.5) is 16.2 Å². The third-order valence-corrected chi connectivity index (χ3v) is 2.99. The van der Waals surface area contributed by atoms with Crippen molar-refractivity contribution in [2.24, 2.45) is 0 Å². The highest BCUT2D eigenvalue weighted by Gasteiger charge is 2.20. The molecule has 0 spiro atoms. The van der Waals surface area contributed by atoms with Crippen molar-refractivity contribution in [3.05, 3.63) is 34.4 Å². The summed E-state index contributed by atoms with van der Waals surface area (Å²) in [5, 5.41) is 16.5. The standard InChI is InChI=1S/C12H16N4O3/c1-9-8-15(7-6-13-9)12(17)14-10-2-4-11(5-3-10)16(18)19/h2-5,9,13H,6-8H2,1H3,(H,14,17). The molecule has 0 saturated carbocycles. The first-order chi connectivity index (χ1) is 9.06. The van der Waals surface area contributed by atoms with Crippen molar-refractivity contribution in [3.63, 3.8) is 0 Å². The average Bonchev–Trinajstić information content (AvgIpc) is 2.39. The van der Waals surface area contributed by atoms with Crippen molar-refractivity contribution >= 4 is 17.4 Å². The maximum absolute atomic E-state index is 12.0. The minimum absolute atomic E-state index is 0.00814. The highest BCUT2D eigenvalue weighted by Crippen LogP contribution is 2.16. The van der Waals surface area contributed by atoms with Gasteiger partial charge in [-0.25, -0.2) is 4.79 Å². The van der Waals surface area contributed by atoms with Crippen LogP contribution in [0.3, 0.4) is 0 Å². The maximum Gasteiger partial charge on any atom is 0.321 e. The fourth-order valence-electron chi connectivity index (χ4n) is 1.99. The fraction of sp³-hybridized carbons (Fsp3) is 0.417. The lowest BCUT2D eigenvalue weighted by molar-refractivity contribution is -0.384. The Morgan fingerprint density at radius 2 is 2.16 bits per heavy atom. The van der Waals surface area contributed by atoms with E-state index in [9.17, 15) is 14.9 Å². The molecule has 7 nitrogen and oxygen atoms in total. The molecule has 19 heavy (non-hydrogen) atoms. The normalized spacial score (nSPS) is 19.0. The molecule has 7 heteroatoms. The number of nitrogens with zero attached hydrogens (tertiary/aromatic N) is 2. The number of amides is 2. The van der Waals surface area contributed by atoms with Crippen LogP contribution in [-0.4, -0.2) is 41.5 Å². The summed E-state index contributed by atoms with van der Waals surface area (Å²) in [6.07, 6.45) is 0. The summed E-state index contributed by atoms with van der Waals surface area (Å²) in [6.45, 7) is 4.10. The van der Waals surface area contributed by atoms with Gasteiger partial charge in [0.05, 0.1) is 4.92 Å². The van der Waals surface area contributed by atoms with Crippen LogP contribution in [0, 0.1) is 10.1 Å². The number of hydrogen-bond donors (Lipinski definition) is 2. The summed E-state index contributed by atoms with van der Waals surface area (Å²) in [4.78, 5) is 23.8. The Bertz CT molecular complexity index is 474. The molecule has 1 aliphatic heterocycles. The van der Waals surface area contributed by atoms with Crippen LogP contribution in [0.1, 0.15) is 6.92 Å². The number of non-ortho nitro benzene ring substituents is 1. The van der Waals surface area contributed by atoms with Crippen molar-refractivity contribution < 1.29 is 9.72 Å². The number of nitrogens with one attached hydrogen (secondary N) is 2. The van der Waals surface area contributed by atoms with Gasteiger partial charge in [0, 0.05) is 43.5 Å². The summed E-state index contributed by atoms with van der Waals surface area (Å²) in [5.74, 6) is 0. The molecule has 1 unspecified atom stereocenters. The van der Waals surface area contributed by atoms with Gasteiger partial charge in [-0.05, 0) is 19.1 Å². The van der Waals surface area contributed by atoms with E-state index in [1.807, 2.05) is 6.92 Å². The molecule has 1 saturated heterocycles. The van der Waals surface area contributed by atoms with E-state index in [0.717, 1.165) is 6.54 Å². The summed E-state index contributed by atoms with van der Waals surface area (Å²) in [7, 11) is 0. The lowest BCUT2D eigenvalue weighted by Gasteiger charge is -2.31. The molecular weight excluding hydrogens is 248 g/mol. The molecule has 1 aromatic rings. The van der Waals surface area contributed by atoms with Gasteiger partial charge in [0.1, 0.15) is 0 Å². The molecule has 2 amide bonds. The van der Waals surface area contributed by atoms with Crippen molar-refractivity contribution in [1.29, 1.82) is 0 Å². The maximum atomic E-state index is 12.0. The van der Waals surface area contributed by atoms with E-state index in [2.05, 4.69) is 10.6 Å². The molecule has 2 N–H and O–H groups in total. The SMILES string of the molecule is CC1CN(C(=O)Nc2ccc([N+](=O)[O-])cc2)CCN1. The number of rotatable bonds is 2. The van der Waals surface area contributed by atoms with E-state index >= 15 is 0 Å². The average molecular weight is 264 g/mol. The molecular formula is C12H16N4O3. The zero-order valence-corrected chi connectivity index (χ0v) is 10.6. The van der Waals surface area contributed by atoms with Crippen molar-refractivity contribution in [1.82, 2.24) is 10.2 Å². The Hall–Kier alpha value is -2.15. The van der Waals surface area contributed by atoms with E-state index in [1.165, 1.54) is 24.3 Å². The number of nitro groups is 1. The van der Waals surface area contributed by atoms with Crippen LogP contribution in [0.15, 0.2) is 24.3 Å². The molecule has 0 radical (unpaired) electrons. The van der Waals surface area contributed by atoms with Gasteiger partial charge in [-0.2, -0.15) is 0 Å². The third kappa shape index (κ3) is 3.41. The molecule has 1 aromatic carbocycles. The van der Waals surface area contributed by atoms with Crippen LogP contribution < -0.4 is 10.6 Å². The molecule has 1 heterocycles. The second kappa shape index (κ2) is 5.66. The van der Waals surface area contributed by atoms with Gasteiger partial charge in [-0.3, -0.25) is 10.1 Å². The number of piperazine rings is 1. The molecule has 2 rings (SSSR count). The summed E-state index contributed by atoms with van der Waals surface area (Å²) in [6, 6.07) is 5.90. The fourth-order valence-corrected chi connectivity index (χ4v) is 1.99. The highest BCUT2D eigenvalue weighted by molar-refractivity contribution is 5.89. The number of anilines is 1. The quantitative estimate of drug-likeness (QED) is 0.624. The molecule has 1 fully saturated rings. The topological polar surface area (TPSA) is 87.5 Å². The number of hydrogen-bond acceptors (Lipinski definition) is 4. The predicted molar refractivity (Wildman–Crippen MR) is 71.2 cm³/mol. The Morgan fingerprint density at radius 1 is 1.47 bits per heavy atom. The van der Waals surface area contributed by atoms with E-state index in [4.69, 9.17) is 0 Å². The smallest absolute Gasteiger partial charge is 0.321 e. The van der Waals surface area contributed by atoms with Gasteiger partial charge in [0.15, 0.2) is 0 Å². The van der Waals surface area contributed by atoms with Gasteiger partial charge in [0.25, 0.3) is 5.69 Å². The summed E-state index contributed by atoms with van der Waals surface area (Å²) < 4.78 is 0. The highest BCUT2D eigenvalue weighted by atomic mass is 16.6. The Balaban J connectivity index is 1.96. The second-order valence-corrected chi connectivity index (χ2v) is 4.54. The van der Waals surface area contributed by atoms with E-state index in [-0.39, 0.29) is 17.8 Å². The molecule has 0 aromatic heterocycles. The number of carbonyl (C=O) groups is 1. The zero-order valence-electron chi connectivity index (χ0n) is 10.6. The molecule has 1 atom stereocenters. The predicted octanol–water partition coefficient (Wildman–Crippen LogP) is 1.42. The van der Waals surface area contributed by atoms with E-state index < -0.39 is 4.92 Å². The molecule has 1 aliphatic rings. The Morgan fingerprint density at radius 3 is 2.74 bits per heavy atom. The van der Waals surface area contributed by atoms with Crippen molar-refractivity contribution in [2.45, 2.75) is 13.0 Å². The summed E-state index contributed by atoms with van der Waals surface area (Å²) in [5.41, 5.74) is 0.565. The molecule has 0 aliphatic carbocycles. The van der Waals surface area contributed by atoms with Crippen LogP contribution in [0.2, 0.25) is 0 Å². The lowest BCUT2D eigenvalue weighted by Crippen LogP contribution is -2.52. The Kier molecular flexibility index (Phi) is 3.96. The molecule has 0 bridgehead atoms. The van der Waals surface area contributed by atoms with Crippen LogP contribution in [0.5, 0.6) is 0 Å². The summed E-state index contributed by atoms with van der Waals surface area (Å²) >= 11 is 0. The minimum Gasteiger partial charge on any atom is -0.322 e. The van der Waals surface area contributed by atoms with Gasteiger partial charge in [-0.1, -0.05) is 0 Å². The monoisotopic (exact) mass is 264 g/mol. The first kappa shape index (κ1) is 13.3. The number of nitro benzene ring substituents is 1. The van der Waals surface area contributed by atoms with Crippen molar-refractivity contribution in [2.75, 3.05) is 25.0 Å². The first-order valence-electron chi connectivity index (χ1n) is 6.10. The molecule has 102 valence electrons. The van der Waals surface area contributed by atoms with E-state index in [0.29, 0.717) is 18.8 Å². The van der Waals surface area contributed by atoms with Gasteiger partial charge in [-0.15, -0.1) is 0 Å². The van der Waals surface area contributed by atoms with Crippen molar-refractivity contribution in [3.8, 4) is 0 Å². The number of urea groups is 1. The van der Waals surface area contributed by atoms with Gasteiger partial charge >= 0.3 is 6.03 Å². The number of carbonyl (C=O) groups excluding carboxylic acids is 1. The van der Waals surface area contributed by atoms with Gasteiger partial charge < -0.3 is 15.5 Å². The third-order valence-electron chi connectivity index (χ3n) is 2.99. The van der Waals surface area contributed by atoms with Crippen LogP contribution in [0.25, 0.3) is 0 Å². The van der Waals surface area contributed by atoms with E-state index in [1.54, 1.807) is 4.90 Å². The minimum atomic E-state index is -0.469. The van der Waals surface area contributed by atoms with Gasteiger partial charge in [0.2, 0.25) is 0 Å². The number of benzene rings is 1.